The lowest BCUT2D eigenvalue weighted by atomic mass is 10.1. The molecule has 0 aliphatic heterocycles. The van der Waals surface area contributed by atoms with Crippen LogP contribution in [0.4, 0.5) is 0 Å². The number of halogens is 1. The number of hydrogen-bond donors (Lipinski definition) is 0. The zero-order chi connectivity index (χ0) is 9.14. The summed E-state index contributed by atoms with van der Waals surface area (Å²) in [6.07, 6.45) is 3.19. The van der Waals surface area contributed by atoms with Crippen molar-refractivity contribution in [1.29, 1.82) is 0 Å². The summed E-state index contributed by atoms with van der Waals surface area (Å²) in [5.74, 6) is 0. The van der Waals surface area contributed by atoms with E-state index in [0.29, 0.717) is 16.2 Å². The van der Waals surface area contributed by atoms with Gasteiger partial charge in [0.15, 0.2) is 10.6 Å². The monoisotopic (exact) mass is 179 g/mol. The maximum absolute atomic E-state index is 5.75. The molecule has 0 spiro atoms. The number of nitrogens with zero attached hydrogens (tertiary/aromatic N) is 3. The van der Waals surface area contributed by atoms with Crippen LogP contribution in [0.3, 0.4) is 0 Å². The minimum Gasteiger partial charge on any atom is -0.313 e. The molecule has 2 radical (unpaired) electrons. The summed E-state index contributed by atoms with van der Waals surface area (Å²) in [6, 6.07) is 0. The normalized spacial score (nSPS) is 11.7. The van der Waals surface area contributed by atoms with Gasteiger partial charge >= 0.3 is 0 Å². The molecule has 12 heavy (non-hydrogen) atoms. The standard InChI is InChI=1S/C7H7BClN3/c1-5(8)12-4-3-11-6(9)7(12)10-2/h3-4H,1H2,2H3. The van der Waals surface area contributed by atoms with Crippen LogP contribution >= 0.6 is 11.6 Å². The lowest BCUT2D eigenvalue weighted by molar-refractivity contribution is 0.947. The molecule has 0 bridgehead atoms. The quantitative estimate of drug-likeness (QED) is 0.583. The first-order chi connectivity index (χ1) is 5.66. The van der Waals surface area contributed by atoms with Crippen molar-refractivity contribution in [2.24, 2.45) is 4.99 Å². The second-order valence-corrected chi connectivity index (χ2v) is 2.48. The molecule has 0 saturated carbocycles. The fraction of sp³-hybridized carbons (Fsp3) is 0.143. The minimum atomic E-state index is 0.312. The van der Waals surface area contributed by atoms with Crippen LogP contribution in [-0.4, -0.2) is 24.4 Å². The summed E-state index contributed by atoms with van der Waals surface area (Å²) in [4.78, 5) is 7.77. The van der Waals surface area contributed by atoms with Crippen molar-refractivity contribution in [1.82, 2.24) is 9.55 Å². The van der Waals surface area contributed by atoms with Crippen molar-refractivity contribution in [3.63, 3.8) is 0 Å². The highest BCUT2D eigenvalue weighted by atomic mass is 35.5. The molecule has 0 aliphatic carbocycles. The number of hydrogen-bond acceptors (Lipinski definition) is 2. The molecule has 0 amide bonds. The largest absolute Gasteiger partial charge is 0.313 e. The SMILES string of the molecule is [B]C(=C)n1ccnc(Cl)c1=NC. The molecule has 0 aliphatic rings. The van der Waals surface area contributed by atoms with E-state index in [9.17, 15) is 0 Å². The first kappa shape index (κ1) is 9.07. The fourth-order valence-electron chi connectivity index (χ4n) is 0.825. The van der Waals surface area contributed by atoms with Crippen LogP contribution in [0.5, 0.6) is 0 Å². The van der Waals surface area contributed by atoms with Crippen LogP contribution in [0.15, 0.2) is 24.0 Å². The average molecular weight is 179 g/mol. The molecule has 60 valence electrons. The molecule has 1 heterocycles. The average Bonchev–Trinajstić information content (AvgIpc) is 2.03. The molecular formula is C7H7BClN3. The molecular weight excluding hydrogens is 172 g/mol. The van der Waals surface area contributed by atoms with Crippen LogP contribution in [0, 0.1) is 0 Å². The predicted octanol–water partition coefficient (Wildman–Crippen LogP) is 0.664. The Morgan fingerprint density at radius 1 is 1.83 bits per heavy atom. The Balaban J connectivity index is 3.50. The van der Waals surface area contributed by atoms with Crippen LogP contribution in [-0.2, 0) is 0 Å². The maximum atomic E-state index is 5.75. The van der Waals surface area contributed by atoms with Crippen molar-refractivity contribution in [3.8, 4) is 0 Å². The van der Waals surface area contributed by atoms with E-state index in [1.807, 2.05) is 0 Å². The summed E-state index contributed by atoms with van der Waals surface area (Å²) < 4.78 is 1.56. The number of rotatable bonds is 1. The summed E-state index contributed by atoms with van der Waals surface area (Å²) in [5, 5.41) is 0.312. The van der Waals surface area contributed by atoms with Gasteiger partial charge in [-0.15, -0.1) is 0 Å². The Kier molecular flexibility index (Phi) is 2.71. The third kappa shape index (κ3) is 1.59. The highest BCUT2D eigenvalue weighted by Crippen LogP contribution is 1.96. The molecule has 0 aromatic carbocycles. The summed E-state index contributed by atoms with van der Waals surface area (Å²) in [7, 11) is 7.09. The van der Waals surface area contributed by atoms with E-state index >= 15 is 0 Å². The third-order valence-corrected chi connectivity index (χ3v) is 1.60. The molecule has 5 heteroatoms. The fourth-order valence-corrected chi connectivity index (χ4v) is 1.06. The van der Waals surface area contributed by atoms with Crippen LogP contribution in [0.1, 0.15) is 0 Å². The van der Waals surface area contributed by atoms with Crippen molar-refractivity contribution >= 4 is 25.0 Å². The summed E-state index contributed by atoms with van der Waals surface area (Å²) >= 11 is 5.75. The highest BCUT2D eigenvalue weighted by molar-refractivity contribution is 6.37. The zero-order valence-electron chi connectivity index (χ0n) is 6.66. The third-order valence-electron chi connectivity index (χ3n) is 1.34. The van der Waals surface area contributed by atoms with Crippen molar-refractivity contribution in [2.75, 3.05) is 7.05 Å². The van der Waals surface area contributed by atoms with E-state index in [1.165, 1.54) is 6.20 Å². The lowest BCUT2D eigenvalue weighted by Gasteiger charge is -2.05. The van der Waals surface area contributed by atoms with Gasteiger partial charge in [-0.25, -0.2) is 4.98 Å². The molecule has 0 fully saturated rings. The lowest BCUT2D eigenvalue weighted by Crippen LogP contribution is -2.21. The van der Waals surface area contributed by atoms with Gasteiger partial charge in [-0.1, -0.05) is 18.2 Å². The molecule has 1 aromatic heterocycles. The van der Waals surface area contributed by atoms with Gasteiger partial charge in [0.1, 0.15) is 7.85 Å². The van der Waals surface area contributed by atoms with Crippen molar-refractivity contribution in [2.45, 2.75) is 0 Å². The Labute approximate surface area is 76.8 Å². The first-order valence-electron chi connectivity index (χ1n) is 3.27. The van der Waals surface area contributed by atoms with Gasteiger partial charge < -0.3 is 4.57 Å². The van der Waals surface area contributed by atoms with E-state index in [2.05, 4.69) is 16.6 Å². The molecule has 0 atom stereocenters. The van der Waals surface area contributed by atoms with E-state index in [4.69, 9.17) is 19.4 Å². The van der Waals surface area contributed by atoms with Gasteiger partial charge in [0.05, 0.1) is 0 Å². The molecule has 1 rings (SSSR count). The molecule has 0 N–H and O–H groups in total. The van der Waals surface area contributed by atoms with Gasteiger partial charge in [-0.2, -0.15) is 0 Å². The first-order valence-corrected chi connectivity index (χ1v) is 3.65. The van der Waals surface area contributed by atoms with E-state index in [0.717, 1.165) is 0 Å². The number of aromatic nitrogens is 2. The van der Waals surface area contributed by atoms with Gasteiger partial charge in [0.2, 0.25) is 0 Å². The summed E-state index contributed by atoms with van der Waals surface area (Å²) in [6.45, 7) is 3.57. The minimum absolute atomic E-state index is 0.312. The Bertz CT molecular complexity index is 369. The zero-order valence-corrected chi connectivity index (χ0v) is 7.41. The van der Waals surface area contributed by atoms with Gasteiger partial charge in [-0.3, -0.25) is 4.99 Å². The Hall–Kier alpha value is -1.03. The molecule has 1 aromatic rings. The molecule has 3 nitrogen and oxygen atoms in total. The van der Waals surface area contributed by atoms with Crippen LogP contribution in [0.2, 0.25) is 5.15 Å². The van der Waals surface area contributed by atoms with E-state index in [-0.39, 0.29) is 0 Å². The highest BCUT2D eigenvalue weighted by Gasteiger charge is 1.97. The van der Waals surface area contributed by atoms with Gasteiger partial charge in [-0.05, 0) is 5.60 Å². The second kappa shape index (κ2) is 3.58. The van der Waals surface area contributed by atoms with Crippen LogP contribution in [0.25, 0.3) is 5.60 Å². The second-order valence-electron chi connectivity index (χ2n) is 2.13. The molecule has 0 saturated heterocycles. The predicted molar refractivity (Wildman–Crippen MR) is 49.8 cm³/mol. The molecule has 0 unspecified atom stereocenters. The maximum Gasteiger partial charge on any atom is 0.171 e. The van der Waals surface area contributed by atoms with Crippen molar-refractivity contribution < 1.29 is 0 Å². The Morgan fingerprint density at radius 2 is 2.50 bits per heavy atom. The van der Waals surface area contributed by atoms with Gasteiger partial charge in [0, 0.05) is 19.4 Å². The van der Waals surface area contributed by atoms with E-state index in [1.54, 1.807) is 17.8 Å². The van der Waals surface area contributed by atoms with Crippen molar-refractivity contribution in [3.05, 3.63) is 29.6 Å². The van der Waals surface area contributed by atoms with Crippen LogP contribution < -0.4 is 5.49 Å². The van der Waals surface area contributed by atoms with Gasteiger partial charge in [0.25, 0.3) is 0 Å². The Morgan fingerprint density at radius 3 is 2.92 bits per heavy atom. The smallest absolute Gasteiger partial charge is 0.171 e. The summed E-state index contributed by atoms with van der Waals surface area (Å²) in [5.41, 5.74) is 0.867. The topological polar surface area (TPSA) is 30.2 Å². The van der Waals surface area contributed by atoms with E-state index < -0.39 is 0 Å².